The second kappa shape index (κ2) is 10.2. The van der Waals surface area contributed by atoms with Gasteiger partial charge >= 0.3 is 0 Å². The number of thioether (sulfide) groups is 2. The molecule has 1 aromatic heterocycles. The Balaban J connectivity index is 1.61. The van der Waals surface area contributed by atoms with Gasteiger partial charge in [0.05, 0.1) is 18.1 Å². The van der Waals surface area contributed by atoms with Crippen LogP contribution < -0.4 is 15.6 Å². The minimum Gasteiger partial charge on any atom is -0.497 e. The molecule has 0 spiro atoms. The molecule has 150 valence electrons. The quantitative estimate of drug-likeness (QED) is 0.414. The number of nitrogens with zero attached hydrogens (tertiary/aromatic N) is 1. The number of anilines is 1. The zero-order chi connectivity index (χ0) is 20.6. The SMILES string of the molecule is COc1ccc(NC(=O)C(C)Sc2nc(CSc3ccccc3)cc(=O)[nH]2)cc1. The fourth-order valence-corrected chi connectivity index (χ4v) is 4.07. The number of amides is 1. The first-order valence-electron chi connectivity index (χ1n) is 8.93. The molecule has 3 rings (SSSR count). The Morgan fingerprint density at radius 1 is 1.17 bits per heavy atom. The molecule has 0 fully saturated rings. The summed E-state index contributed by atoms with van der Waals surface area (Å²) in [4.78, 5) is 32.8. The average Bonchev–Trinajstić information content (AvgIpc) is 2.73. The fraction of sp³-hybridized carbons (Fsp3) is 0.190. The highest BCUT2D eigenvalue weighted by Gasteiger charge is 2.16. The molecule has 0 aliphatic carbocycles. The number of rotatable bonds is 8. The van der Waals surface area contributed by atoms with Crippen molar-refractivity contribution in [2.75, 3.05) is 12.4 Å². The standard InChI is InChI=1S/C21H21N3O3S2/c1-14(20(26)22-15-8-10-17(27-2)11-9-15)29-21-23-16(12-19(25)24-21)13-28-18-6-4-3-5-7-18/h3-12,14H,13H2,1-2H3,(H,22,26)(H,23,24,25). The highest BCUT2D eigenvalue weighted by atomic mass is 32.2. The molecule has 0 aliphatic rings. The molecule has 1 atom stereocenters. The number of carbonyl (C=O) groups excluding carboxylic acids is 1. The van der Waals surface area contributed by atoms with Crippen molar-refractivity contribution in [1.82, 2.24) is 9.97 Å². The number of nitrogens with one attached hydrogen (secondary N) is 2. The summed E-state index contributed by atoms with van der Waals surface area (Å²) >= 11 is 2.82. The summed E-state index contributed by atoms with van der Waals surface area (Å²) < 4.78 is 5.11. The number of aromatic amines is 1. The summed E-state index contributed by atoms with van der Waals surface area (Å²) in [6, 6.07) is 18.5. The second-order valence-electron chi connectivity index (χ2n) is 6.12. The molecule has 0 bridgehead atoms. The highest BCUT2D eigenvalue weighted by molar-refractivity contribution is 8.00. The molecule has 29 heavy (non-hydrogen) atoms. The maximum Gasteiger partial charge on any atom is 0.251 e. The van der Waals surface area contributed by atoms with Crippen molar-refractivity contribution < 1.29 is 9.53 Å². The van der Waals surface area contributed by atoms with Gasteiger partial charge in [-0.2, -0.15) is 0 Å². The molecule has 1 heterocycles. The van der Waals surface area contributed by atoms with E-state index in [1.807, 2.05) is 30.3 Å². The van der Waals surface area contributed by atoms with Crippen molar-refractivity contribution in [2.24, 2.45) is 0 Å². The molecule has 0 saturated carbocycles. The molecule has 8 heteroatoms. The number of hydrogen-bond acceptors (Lipinski definition) is 6. The van der Waals surface area contributed by atoms with Gasteiger partial charge in [-0.3, -0.25) is 9.59 Å². The van der Waals surface area contributed by atoms with Gasteiger partial charge in [-0.25, -0.2) is 4.98 Å². The molecule has 1 amide bonds. The average molecular weight is 428 g/mol. The predicted molar refractivity (Wildman–Crippen MR) is 118 cm³/mol. The van der Waals surface area contributed by atoms with Gasteiger partial charge in [0.25, 0.3) is 5.56 Å². The number of methoxy groups -OCH3 is 1. The molecular weight excluding hydrogens is 406 g/mol. The van der Waals surface area contributed by atoms with Crippen LogP contribution in [-0.4, -0.2) is 28.2 Å². The summed E-state index contributed by atoms with van der Waals surface area (Å²) in [5.41, 5.74) is 1.12. The normalized spacial score (nSPS) is 11.7. The maximum absolute atomic E-state index is 12.5. The van der Waals surface area contributed by atoms with E-state index in [2.05, 4.69) is 15.3 Å². The minimum atomic E-state index is -0.433. The van der Waals surface area contributed by atoms with E-state index in [4.69, 9.17) is 4.74 Å². The zero-order valence-corrected chi connectivity index (χ0v) is 17.7. The third kappa shape index (κ3) is 6.40. The lowest BCUT2D eigenvalue weighted by Crippen LogP contribution is -2.23. The van der Waals surface area contributed by atoms with Gasteiger partial charge < -0.3 is 15.0 Å². The first kappa shape index (κ1) is 21.0. The van der Waals surface area contributed by atoms with E-state index in [0.29, 0.717) is 22.3 Å². The van der Waals surface area contributed by atoms with Gasteiger partial charge in [-0.05, 0) is 43.3 Å². The molecule has 2 aromatic carbocycles. The number of hydrogen-bond donors (Lipinski definition) is 2. The van der Waals surface area contributed by atoms with E-state index >= 15 is 0 Å². The number of ether oxygens (including phenoxy) is 1. The lowest BCUT2D eigenvalue weighted by Gasteiger charge is -2.12. The van der Waals surface area contributed by atoms with E-state index in [0.717, 1.165) is 10.6 Å². The van der Waals surface area contributed by atoms with E-state index in [1.54, 1.807) is 50.1 Å². The van der Waals surface area contributed by atoms with Crippen molar-refractivity contribution in [2.45, 2.75) is 28.0 Å². The van der Waals surface area contributed by atoms with Crippen LogP contribution >= 0.6 is 23.5 Å². The van der Waals surface area contributed by atoms with Crippen LogP contribution in [0.4, 0.5) is 5.69 Å². The first-order valence-corrected chi connectivity index (χ1v) is 10.8. The van der Waals surface area contributed by atoms with Crippen LogP contribution in [0.3, 0.4) is 0 Å². The summed E-state index contributed by atoms with van der Waals surface area (Å²) in [6.45, 7) is 1.77. The number of H-pyrrole nitrogens is 1. The molecule has 2 N–H and O–H groups in total. The third-order valence-electron chi connectivity index (χ3n) is 3.92. The van der Waals surface area contributed by atoms with Crippen molar-refractivity contribution >= 4 is 35.1 Å². The van der Waals surface area contributed by atoms with Crippen molar-refractivity contribution in [3.05, 3.63) is 76.7 Å². The van der Waals surface area contributed by atoms with Gasteiger partial charge in [0.2, 0.25) is 5.91 Å². The van der Waals surface area contributed by atoms with Crippen molar-refractivity contribution in [3.63, 3.8) is 0 Å². The van der Waals surface area contributed by atoms with E-state index in [-0.39, 0.29) is 11.5 Å². The van der Waals surface area contributed by atoms with Gasteiger partial charge in [0.15, 0.2) is 5.16 Å². The topological polar surface area (TPSA) is 84.1 Å². The predicted octanol–water partition coefficient (Wildman–Crippen LogP) is 4.19. The maximum atomic E-state index is 12.5. The Hall–Kier alpha value is -2.71. The number of benzene rings is 2. The number of aromatic nitrogens is 2. The van der Waals surface area contributed by atoms with Gasteiger partial charge in [-0.1, -0.05) is 30.0 Å². The fourth-order valence-electron chi connectivity index (χ4n) is 2.43. The smallest absolute Gasteiger partial charge is 0.251 e. The van der Waals surface area contributed by atoms with Crippen LogP contribution in [0, 0.1) is 0 Å². The molecule has 3 aromatic rings. The molecule has 0 aliphatic heterocycles. The second-order valence-corrected chi connectivity index (χ2v) is 8.50. The Morgan fingerprint density at radius 3 is 2.59 bits per heavy atom. The van der Waals surface area contributed by atoms with Crippen LogP contribution in [0.1, 0.15) is 12.6 Å². The van der Waals surface area contributed by atoms with E-state index in [9.17, 15) is 9.59 Å². The monoisotopic (exact) mass is 427 g/mol. The third-order valence-corrected chi connectivity index (χ3v) is 5.95. The molecule has 0 saturated heterocycles. The summed E-state index contributed by atoms with van der Waals surface area (Å²) in [7, 11) is 1.59. The van der Waals surface area contributed by atoms with E-state index < -0.39 is 5.25 Å². The highest BCUT2D eigenvalue weighted by Crippen LogP contribution is 2.24. The Morgan fingerprint density at radius 2 is 1.90 bits per heavy atom. The summed E-state index contributed by atoms with van der Waals surface area (Å²) in [5.74, 6) is 1.12. The van der Waals surface area contributed by atoms with Gasteiger partial charge in [-0.15, -0.1) is 11.8 Å². The van der Waals surface area contributed by atoms with Crippen molar-refractivity contribution in [3.8, 4) is 5.75 Å². The van der Waals surface area contributed by atoms with Crippen LogP contribution in [0.15, 0.2) is 75.5 Å². The molecule has 6 nitrogen and oxygen atoms in total. The van der Waals surface area contributed by atoms with Crippen LogP contribution in [0.2, 0.25) is 0 Å². The van der Waals surface area contributed by atoms with Gasteiger partial charge in [0.1, 0.15) is 5.75 Å². The molecule has 0 radical (unpaired) electrons. The zero-order valence-electron chi connectivity index (χ0n) is 16.0. The Bertz CT molecular complexity index is 1010. The largest absolute Gasteiger partial charge is 0.497 e. The lowest BCUT2D eigenvalue weighted by molar-refractivity contribution is -0.115. The first-order chi connectivity index (χ1) is 14.0. The Labute approximate surface area is 177 Å². The van der Waals surface area contributed by atoms with Crippen molar-refractivity contribution in [1.29, 1.82) is 0 Å². The summed E-state index contributed by atoms with van der Waals surface area (Å²) in [6.07, 6.45) is 0. The molecular formula is C21H21N3O3S2. The van der Waals surface area contributed by atoms with Gasteiger partial charge in [0, 0.05) is 22.4 Å². The number of carbonyl (C=O) groups is 1. The summed E-state index contributed by atoms with van der Waals surface area (Å²) in [5, 5.41) is 2.85. The van der Waals surface area contributed by atoms with Crippen LogP contribution in [0.25, 0.3) is 0 Å². The van der Waals surface area contributed by atoms with E-state index in [1.165, 1.54) is 17.8 Å². The Kier molecular flexibility index (Phi) is 7.37. The minimum absolute atomic E-state index is 0.174. The van der Waals surface area contributed by atoms with Crippen LogP contribution in [0.5, 0.6) is 5.75 Å². The molecule has 1 unspecified atom stereocenters. The lowest BCUT2D eigenvalue weighted by atomic mass is 10.3. The van der Waals surface area contributed by atoms with Crippen LogP contribution in [-0.2, 0) is 10.5 Å².